The third kappa shape index (κ3) is 2.25. The topological polar surface area (TPSA) is 22.0 Å². The van der Waals surface area contributed by atoms with Gasteiger partial charge in [-0.2, -0.15) is 0 Å². The minimum absolute atomic E-state index is 0.0737. The maximum Gasteiger partial charge on any atom is 0.270 e. The van der Waals surface area contributed by atoms with Crippen molar-refractivity contribution in [3.8, 4) is 0 Å². The molecule has 0 bridgehead atoms. The molecule has 1 aromatic heterocycles. The number of aryl methyl sites for hydroxylation is 1. The number of nitrogens with zero attached hydrogens (tertiary/aromatic N) is 1. The van der Waals surface area contributed by atoms with Gasteiger partial charge in [-0.15, -0.1) is 0 Å². The van der Waals surface area contributed by atoms with Crippen LogP contribution in [-0.4, -0.2) is 4.57 Å². The van der Waals surface area contributed by atoms with E-state index in [2.05, 4.69) is 0 Å². The van der Waals surface area contributed by atoms with Crippen LogP contribution in [0.3, 0.4) is 0 Å². The Balaban J connectivity index is 3.52. The molecule has 0 aliphatic heterocycles. The molecule has 0 saturated heterocycles. The van der Waals surface area contributed by atoms with Crippen molar-refractivity contribution in [2.24, 2.45) is 0 Å². The fourth-order valence-corrected chi connectivity index (χ4v) is 2.17. The predicted octanol–water partition coefficient (Wildman–Crippen LogP) is 3.51. The van der Waals surface area contributed by atoms with Crippen molar-refractivity contribution in [2.45, 2.75) is 46.6 Å². The molecule has 0 amide bonds. The zero-order valence-electron chi connectivity index (χ0n) is 9.97. The minimum Gasteiger partial charge on any atom is -0.309 e. The first-order valence-corrected chi connectivity index (χ1v) is 5.65. The van der Waals surface area contributed by atoms with E-state index >= 15 is 0 Å². The number of aromatic nitrogens is 1. The second-order valence-electron chi connectivity index (χ2n) is 4.48. The Hall–Kier alpha value is -0.760. The van der Waals surface area contributed by atoms with Gasteiger partial charge in [0, 0.05) is 11.7 Å². The molecule has 0 fully saturated rings. The lowest BCUT2D eigenvalue weighted by molar-refractivity contribution is 0.560. The van der Waals surface area contributed by atoms with Gasteiger partial charge < -0.3 is 4.57 Å². The SMILES string of the molecule is Cc1cc(C(C)C)c(Cl)c(=O)n1C(C)C. The fraction of sp³-hybridized carbons (Fsp3) is 0.583. The summed E-state index contributed by atoms with van der Waals surface area (Å²) in [5.74, 6) is 0.283. The van der Waals surface area contributed by atoms with E-state index in [1.54, 1.807) is 4.57 Å². The van der Waals surface area contributed by atoms with E-state index in [9.17, 15) is 4.79 Å². The highest BCUT2D eigenvalue weighted by atomic mass is 35.5. The highest BCUT2D eigenvalue weighted by molar-refractivity contribution is 6.31. The molecule has 0 aliphatic carbocycles. The Bertz CT molecular complexity index is 418. The molecule has 1 rings (SSSR count). The van der Waals surface area contributed by atoms with Gasteiger partial charge in [-0.25, -0.2) is 0 Å². The average molecular weight is 228 g/mol. The van der Waals surface area contributed by atoms with Crippen LogP contribution in [-0.2, 0) is 0 Å². The monoisotopic (exact) mass is 227 g/mol. The summed E-state index contributed by atoms with van der Waals surface area (Å²) in [4.78, 5) is 12.0. The molecule has 0 aromatic carbocycles. The van der Waals surface area contributed by atoms with Crippen molar-refractivity contribution in [2.75, 3.05) is 0 Å². The van der Waals surface area contributed by atoms with Crippen LogP contribution in [0, 0.1) is 6.92 Å². The van der Waals surface area contributed by atoms with Crippen LogP contribution in [0.4, 0.5) is 0 Å². The van der Waals surface area contributed by atoms with E-state index in [1.165, 1.54) is 0 Å². The van der Waals surface area contributed by atoms with Crippen LogP contribution >= 0.6 is 11.6 Å². The molecular weight excluding hydrogens is 210 g/mol. The summed E-state index contributed by atoms with van der Waals surface area (Å²) < 4.78 is 1.73. The van der Waals surface area contributed by atoms with Gasteiger partial charge in [-0.1, -0.05) is 25.4 Å². The van der Waals surface area contributed by atoms with Crippen molar-refractivity contribution in [1.82, 2.24) is 4.57 Å². The maximum atomic E-state index is 12.0. The summed E-state index contributed by atoms with van der Waals surface area (Å²) in [5.41, 5.74) is 1.84. The average Bonchev–Trinajstić information content (AvgIpc) is 2.10. The highest BCUT2D eigenvalue weighted by Gasteiger charge is 2.14. The Morgan fingerprint density at radius 2 is 1.80 bits per heavy atom. The number of pyridine rings is 1. The third-order valence-electron chi connectivity index (χ3n) is 2.54. The second-order valence-corrected chi connectivity index (χ2v) is 4.86. The number of rotatable bonds is 2. The van der Waals surface area contributed by atoms with Crippen LogP contribution < -0.4 is 5.56 Å². The molecule has 1 aromatic rings. The molecule has 0 aliphatic rings. The standard InChI is InChI=1S/C12H18ClNO/c1-7(2)10-6-9(5)14(8(3)4)12(15)11(10)13/h6-8H,1-5H3. The van der Waals surface area contributed by atoms with Gasteiger partial charge in [0.1, 0.15) is 5.02 Å². The minimum atomic E-state index is -0.0737. The lowest BCUT2D eigenvalue weighted by atomic mass is 10.0. The van der Waals surface area contributed by atoms with E-state index in [4.69, 9.17) is 11.6 Å². The van der Waals surface area contributed by atoms with Gasteiger partial charge in [0.15, 0.2) is 0 Å². The van der Waals surface area contributed by atoms with Crippen molar-refractivity contribution >= 4 is 11.6 Å². The molecule has 0 unspecified atom stereocenters. The van der Waals surface area contributed by atoms with Gasteiger partial charge >= 0.3 is 0 Å². The van der Waals surface area contributed by atoms with E-state index in [0.717, 1.165) is 11.3 Å². The Morgan fingerprint density at radius 3 is 2.20 bits per heavy atom. The van der Waals surface area contributed by atoms with Crippen molar-refractivity contribution < 1.29 is 0 Å². The first-order chi connectivity index (χ1) is 6.86. The van der Waals surface area contributed by atoms with Crippen molar-refractivity contribution in [3.05, 3.63) is 32.7 Å². The summed E-state index contributed by atoms with van der Waals surface area (Å²) in [6.45, 7) is 10.0. The van der Waals surface area contributed by atoms with Gasteiger partial charge in [0.05, 0.1) is 0 Å². The van der Waals surface area contributed by atoms with Crippen LogP contribution in [0.25, 0.3) is 0 Å². The van der Waals surface area contributed by atoms with E-state index < -0.39 is 0 Å². The number of hydrogen-bond donors (Lipinski definition) is 0. The summed E-state index contributed by atoms with van der Waals surface area (Å²) in [5, 5.41) is 0.365. The maximum absolute atomic E-state index is 12.0. The fourth-order valence-electron chi connectivity index (χ4n) is 1.81. The van der Waals surface area contributed by atoms with E-state index in [0.29, 0.717) is 5.02 Å². The summed E-state index contributed by atoms with van der Waals surface area (Å²) in [6, 6.07) is 2.16. The number of halogens is 1. The normalized spacial score (nSPS) is 11.5. The zero-order chi connectivity index (χ0) is 11.7. The molecule has 15 heavy (non-hydrogen) atoms. The molecule has 0 radical (unpaired) electrons. The van der Waals surface area contributed by atoms with Crippen LogP contribution in [0.5, 0.6) is 0 Å². The lowest BCUT2D eigenvalue weighted by Gasteiger charge is -2.17. The first-order valence-electron chi connectivity index (χ1n) is 5.27. The lowest BCUT2D eigenvalue weighted by Crippen LogP contribution is -2.25. The van der Waals surface area contributed by atoms with Crippen molar-refractivity contribution in [3.63, 3.8) is 0 Å². The molecule has 2 nitrogen and oxygen atoms in total. The Labute approximate surface area is 95.9 Å². The second kappa shape index (κ2) is 4.40. The van der Waals surface area contributed by atoms with Gasteiger partial charge in [0.2, 0.25) is 0 Å². The molecule has 3 heteroatoms. The highest BCUT2D eigenvalue weighted by Crippen LogP contribution is 2.23. The van der Waals surface area contributed by atoms with Crippen molar-refractivity contribution in [1.29, 1.82) is 0 Å². The summed E-state index contributed by atoms with van der Waals surface area (Å²) in [6.07, 6.45) is 0. The molecule has 1 heterocycles. The van der Waals surface area contributed by atoms with Gasteiger partial charge in [0.25, 0.3) is 5.56 Å². The van der Waals surface area contributed by atoms with Gasteiger partial charge in [-0.05, 0) is 38.3 Å². The van der Waals surface area contributed by atoms with Gasteiger partial charge in [-0.3, -0.25) is 4.79 Å². The molecule has 0 atom stereocenters. The van der Waals surface area contributed by atoms with E-state index in [1.807, 2.05) is 40.7 Å². The largest absolute Gasteiger partial charge is 0.309 e. The Kier molecular flexibility index (Phi) is 3.61. The summed E-state index contributed by atoms with van der Waals surface area (Å²) in [7, 11) is 0. The molecular formula is C12H18ClNO. The number of hydrogen-bond acceptors (Lipinski definition) is 1. The zero-order valence-corrected chi connectivity index (χ0v) is 10.7. The Morgan fingerprint density at radius 1 is 1.27 bits per heavy atom. The molecule has 0 spiro atoms. The molecule has 0 saturated carbocycles. The van der Waals surface area contributed by atoms with Crippen LogP contribution in [0.2, 0.25) is 5.02 Å². The van der Waals surface area contributed by atoms with E-state index in [-0.39, 0.29) is 17.5 Å². The molecule has 84 valence electrons. The first kappa shape index (κ1) is 12.3. The van der Waals surface area contributed by atoms with Crippen LogP contribution in [0.15, 0.2) is 10.9 Å². The third-order valence-corrected chi connectivity index (χ3v) is 2.92. The molecule has 0 N–H and O–H groups in total. The summed E-state index contributed by atoms with van der Waals surface area (Å²) >= 11 is 6.08. The van der Waals surface area contributed by atoms with Crippen LogP contribution in [0.1, 0.15) is 50.9 Å². The predicted molar refractivity (Wildman–Crippen MR) is 64.9 cm³/mol. The smallest absolute Gasteiger partial charge is 0.270 e. The quantitative estimate of drug-likeness (QED) is 0.758.